The standard InChI is InChI=1S/C72H168N16P5/c1-49(2)77(50(3)4)90(78(51(5)6)52(7)8,79(53(9)10)54(11)12)73-89(74-91(80(55(13)14)56(15)16,81(57(17)18)58(19)20)82(59(21)22)60(23)24,75-92(83(61(25)26)62(27)28,84(63(29)30)64(31)32)85(65(33)34)66(35)36)76-93(86(67(37)38)68(39)40,87(69(41)42)70(43)44)88(71(45)46)72(47)48/h49-72H,1-48H3/q+1. The number of hydrogen-bond donors (Lipinski definition) is 0. The van der Waals surface area contributed by atoms with Gasteiger partial charge in [-0.3, -0.25) is 0 Å². The predicted molar refractivity (Wildman–Crippen MR) is 430 cm³/mol. The molecule has 16 nitrogen and oxygen atoms in total. The van der Waals surface area contributed by atoms with Crippen LogP contribution in [0.15, 0.2) is 18.1 Å². The number of nitrogens with zero attached hydrogens (tertiary/aromatic N) is 16. The monoisotopic (exact) mass is 1410 g/mol. The van der Waals surface area contributed by atoms with Crippen LogP contribution in [0, 0.1) is 0 Å². The molecule has 0 aromatic carbocycles. The normalized spacial score (nSPS) is 14.9. The number of rotatable bonds is 40. The second kappa shape index (κ2) is 38.4. The van der Waals surface area contributed by atoms with Crippen molar-refractivity contribution in [2.45, 2.75) is 477 Å². The molecule has 0 atom stereocenters. The molecule has 93 heavy (non-hydrogen) atoms. The van der Waals surface area contributed by atoms with Crippen molar-refractivity contribution in [3.63, 3.8) is 0 Å². The molecule has 0 bridgehead atoms. The molecule has 0 saturated heterocycles. The van der Waals surface area contributed by atoms with Gasteiger partial charge < -0.3 is 0 Å². The van der Waals surface area contributed by atoms with E-state index in [4.69, 9.17) is 18.1 Å². The molecule has 0 saturated carbocycles. The molecule has 0 aliphatic heterocycles. The highest BCUT2D eigenvalue weighted by Crippen LogP contribution is 2.90. The van der Waals surface area contributed by atoms with Gasteiger partial charge in [0.2, 0.25) is 30.0 Å². The molecule has 560 valence electrons. The van der Waals surface area contributed by atoms with Crippen LogP contribution >= 0.6 is 37.9 Å². The summed E-state index contributed by atoms with van der Waals surface area (Å²) in [5.41, 5.74) is 0. The lowest BCUT2D eigenvalue weighted by molar-refractivity contribution is 0.189. The zero-order chi connectivity index (χ0) is 74.1. The zero-order valence-corrected chi connectivity index (χ0v) is 75.7. The van der Waals surface area contributed by atoms with Gasteiger partial charge in [0.05, 0.1) is 0 Å². The topological polar surface area (TPSA) is 88.3 Å². The summed E-state index contributed by atoms with van der Waals surface area (Å²) in [4.78, 5) is 0. The summed E-state index contributed by atoms with van der Waals surface area (Å²) in [6.07, 6.45) is 0. The van der Waals surface area contributed by atoms with Gasteiger partial charge in [0, 0.05) is 145 Å². The summed E-state index contributed by atoms with van der Waals surface area (Å²) < 4.78 is 66.7. The molecule has 0 aliphatic rings. The van der Waals surface area contributed by atoms with Gasteiger partial charge in [-0.15, -0.1) is 0 Å². The largest absolute Gasteiger partial charge is 0.502 e. The van der Waals surface area contributed by atoms with E-state index in [-0.39, 0.29) is 145 Å². The van der Waals surface area contributed by atoms with Crippen molar-refractivity contribution in [1.82, 2.24) is 56.0 Å². The molecule has 0 aliphatic carbocycles. The fourth-order valence-electron chi connectivity index (χ4n) is 17.3. The van der Waals surface area contributed by atoms with Gasteiger partial charge in [0.15, 0.2) is 0 Å². The Balaban J connectivity index is 15.6. The highest BCUT2D eigenvalue weighted by Gasteiger charge is 2.65. The quantitative estimate of drug-likeness (QED) is 0.0548. The molecule has 0 heterocycles. The van der Waals surface area contributed by atoms with Crippen molar-refractivity contribution in [3.05, 3.63) is 0 Å². The maximum absolute atomic E-state index is 7.88. The van der Waals surface area contributed by atoms with Crippen LogP contribution in [0.1, 0.15) is 332 Å². The van der Waals surface area contributed by atoms with E-state index in [0.717, 1.165) is 0 Å². The SMILES string of the molecule is CC(C)N(C(C)C)P(=N[P+](N=P(N(C(C)C)C(C)C)(N(C(C)C)C(C)C)N(C(C)C)C(C)C)(N=P(N(C(C)C)C(C)C)(N(C(C)C)C(C)C)N(C(C)C)C(C)C)N=P(N(C(C)C)C(C)C)(N(C(C)C)C(C)C)N(C(C)C)C(C)C)(N(C(C)C)C(C)C)N(C(C)C)C(C)C. The summed E-state index contributed by atoms with van der Waals surface area (Å²) in [7, 11) is -18.2. The van der Waals surface area contributed by atoms with E-state index in [1.807, 2.05) is 0 Å². The lowest BCUT2D eigenvalue weighted by Crippen LogP contribution is -2.54. The molecule has 0 unspecified atom stereocenters. The first-order chi connectivity index (χ1) is 42.0. The average Bonchev–Trinajstić information content (AvgIpc) is 3.28. The summed E-state index contributed by atoms with van der Waals surface area (Å²) in [6.45, 7) is 118. The molecule has 0 radical (unpaired) electrons. The molecular formula is C72H168N16P5+. The Morgan fingerprint density at radius 2 is 0.183 bits per heavy atom. The molecule has 0 fully saturated rings. The third-order valence-corrected chi connectivity index (χ3v) is 43.6. The van der Waals surface area contributed by atoms with Crippen LogP contribution < -0.4 is 0 Å². The molecule has 0 aromatic rings. The first kappa shape index (κ1) is 93.9. The van der Waals surface area contributed by atoms with E-state index in [9.17, 15) is 0 Å². The summed E-state index contributed by atoms with van der Waals surface area (Å²) in [5.74, 6) is 0. The molecular weight excluding hydrogens is 1240 g/mol. The smallest absolute Gasteiger partial charge is 0.238 e. The van der Waals surface area contributed by atoms with Crippen LogP contribution in [-0.4, -0.2) is 201 Å². The second-order valence-electron chi connectivity index (χ2n) is 33.9. The highest BCUT2D eigenvalue weighted by atomic mass is 31.3. The van der Waals surface area contributed by atoms with Crippen molar-refractivity contribution in [1.29, 1.82) is 0 Å². The van der Waals surface area contributed by atoms with Crippen LogP contribution in [0.5, 0.6) is 0 Å². The van der Waals surface area contributed by atoms with Gasteiger partial charge in [-0.25, -0.2) is 56.0 Å². The minimum absolute atomic E-state index is 0.0538. The molecule has 0 N–H and O–H groups in total. The first-order valence-corrected chi connectivity index (χ1v) is 45.9. The second-order valence-corrected chi connectivity index (χ2v) is 47.6. The Kier molecular flexibility index (Phi) is 38.8. The van der Waals surface area contributed by atoms with Crippen LogP contribution in [0.3, 0.4) is 0 Å². The summed E-state index contributed by atoms with van der Waals surface area (Å²) >= 11 is 0. The Morgan fingerprint density at radius 3 is 0.226 bits per heavy atom. The minimum Gasteiger partial charge on any atom is -0.238 e. The fraction of sp³-hybridized carbons (Fsp3) is 1.00. The molecule has 0 aromatic heterocycles. The van der Waals surface area contributed by atoms with Crippen molar-refractivity contribution in [2.75, 3.05) is 0 Å². The Morgan fingerprint density at radius 1 is 0.129 bits per heavy atom. The predicted octanol–water partition coefficient (Wildman–Crippen LogP) is 23.9. The van der Waals surface area contributed by atoms with Crippen molar-refractivity contribution < 1.29 is 0 Å². The molecule has 0 rings (SSSR count). The van der Waals surface area contributed by atoms with Crippen LogP contribution in [0.4, 0.5) is 0 Å². The fourth-order valence-corrected chi connectivity index (χ4v) is 47.4. The van der Waals surface area contributed by atoms with E-state index in [0.29, 0.717) is 0 Å². The van der Waals surface area contributed by atoms with Gasteiger partial charge in [0.1, 0.15) is 0 Å². The maximum atomic E-state index is 7.88. The van der Waals surface area contributed by atoms with E-state index >= 15 is 0 Å². The Bertz CT molecular complexity index is 1730. The van der Waals surface area contributed by atoms with Crippen LogP contribution in [0.25, 0.3) is 0 Å². The van der Waals surface area contributed by atoms with E-state index in [2.05, 4.69) is 388 Å². The van der Waals surface area contributed by atoms with E-state index in [1.165, 1.54) is 0 Å². The number of hydrogen-bond acceptors (Lipinski definition) is 4. The van der Waals surface area contributed by atoms with Gasteiger partial charge in [-0.05, 0) is 350 Å². The van der Waals surface area contributed by atoms with Gasteiger partial charge in [0.25, 0.3) is 0 Å². The van der Waals surface area contributed by atoms with E-state index in [1.54, 1.807) is 0 Å². The molecule has 21 heteroatoms. The van der Waals surface area contributed by atoms with Crippen molar-refractivity contribution >= 4 is 37.9 Å². The summed E-state index contributed by atoms with van der Waals surface area (Å²) in [6, 6.07) is 1.29. The third-order valence-electron chi connectivity index (χ3n) is 17.4. The van der Waals surface area contributed by atoms with Crippen LogP contribution in [0.2, 0.25) is 0 Å². The third kappa shape index (κ3) is 20.6. The van der Waals surface area contributed by atoms with E-state index < -0.39 is 37.9 Å². The lowest BCUT2D eigenvalue weighted by Gasteiger charge is -2.58. The van der Waals surface area contributed by atoms with Gasteiger partial charge in [-0.1, -0.05) is 0 Å². The van der Waals surface area contributed by atoms with Crippen molar-refractivity contribution in [3.8, 4) is 0 Å². The van der Waals surface area contributed by atoms with Crippen LogP contribution in [-0.2, 0) is 0 Å². The Labute approximate surface area is 586 Å². The highest BCUT2D eigenvalue weighted by molar-refractivity contribution is 7.88. The Hall–Kier alpha value is 0.870. The first-order valence-electron chi connectivity index (χ1n) is 37.9. The van der Waals surface area contributed by atoms with Gasteiger partial charge in [-0.2, -0.15) is 0 Å². The molecule has 0 spiro atoms. The van der Waals surface area contributed by atoms with Crippen molar-refractivity contribution in [2.24, 2.45) is 18.1 Å². The zero-order valence-electron chi connectivity index (χ0n) is 71.2. The van der Waals surface area contributed by atoms with Gasteiger partial charge >= 0.3 is 7.87 Å². The summed E-state index contributed by atoms with van der Waals surface area (Å²) in [5, 5.41) is 0. The molecule has 0 amide bonds. The lowest BCUT2D eigenvalue weighted by atomic mass is 10.3. The minimum atomic E-state index is -4.38. The maximum Gasteiger partial charge on any atom is 0.502 e. The average molecular weight is 1410 g/mol.